The van der Waals surface area contributed by atoms with Crippen LogP contribution in [0, 0.1) is 0 Å². The number of nitrogens with zero attached hydrogens (tertiary/aromatic N) is 2. The van der Waals surface area contributed by atoms with Crippen LogP contribution in [0.5, 0.6) is 0 Å². The van der Waals surface area contributed by atoms with Gasteiger partial charge in [0.15, 0.2) is 6.23 Å². The number of ether oxygens (including phenoxy) is 1. The Hall–Kier alpha value is -0.290. The van der Waals surface area contributed by atoms with E-state index in [0.29, 0.717) is 0 Å². The molecule has 3 rings (SSSR count). The van der Waals surface area contributed by atoms with Crippen molar-refractivity contribution in [2.75, 3.05) is 12.3 Å². The first-order valence-corrected chi connectivity index (χ1v) is 7.21. The maximum absolute atomic E-state index is 11.7. The van der Waals surface area contributed by atoms with Crippen LogP contribution in [0.4, 0.5) is 5.82 Å². The SMILES string of the molecule is Nc1ccn([C@@H]2O[C@@H]3COP(=O)(O)O[C@H]3[C@H]2O)c(=O)n1.[Na]. The first-order chi connectivity index (χ1) is 9.37. The van der Waals surface area contributed by atoms with Gasteiger partial charge in [-0.15, -0.1) is 0 Å². The fraction of sp³-hybridized carbons (Fsp3) is 0.556. The van der Waals surface area contributed by atoms with Crippen molar-refractivity contribution in [2.45, 2.75) is 24.5 Å². The second kappa shape index (κ2) is 6.07. The average Bonchev–Trinajstić information content (AvgIpc) is 2.66. The monoisotopic (exact) mass is 328 g/mol. The van der Waals surface area contributed by atoms with Gasteiger partial charge in [-0.1, -0.05) is 0 Å². The number of fused-ring (bicyclic) bond motifs is 1. The molecule has 21 heavy (non-hydrogen) atoms. The molecule has 111 valence electrons. The summed E-state index contributed by atoms with van der Waals surface area (Å²) in [5.74, 6) is 0.0376. The number of nitrogens with two attached hydrogens (primary N) is 1. The smallest absolute Gasteiger partial charge is 0.386 e. The van der Waals surface area contributed by atoms with Crippen molar-refractivity contribution >= 4 is 43.2 Å². The number of aromatic nitrogens is 2. The van der Waals surface area contributed by atoms with Gasteiger partial charge in [0.2, 0.25) is 0 Å². The van der Waals surface area contributed by atoms with Crippen LogP contribution in [-0.4, -0.2) is 74.0 Å². The molecular formula is C9H12N3NaO7P. The van der Waals surface area contributed by atoms with Gasteiger partial charge in [0.25, 0.3) is 0 Å². The second-order valence-corrected chi connectivity index (χ2v) is 5.84. The van der Waals surface area contributed by atoms with Crippen LogP contribution < -0.4 is 11.4 Å². The number of hydrogen-bond acceptors (Lipinski definition) is 8. The van der Waals surface area contributed by atoms with Crippen LogP contribution in [0.1, 0.15) is 6.23 Å². The number of aliphatic hydroxyl groups excluding tert-OH is 1. The van der Waals surface area contributed by atoms with Crippen molar-refractivity contribution in [3.05, 3.63) is 22.7 Å². The van der Waals surface area contributed by atoms with Crippen LogP contribution in [0.15, 0.2) is 17.1 Å². The molecular weight excluding hydrogens is 316 g/mol. The number of nitrogen functional groups attached to an aromatic ring is 1. The third kappa shape index (κ3) is 3.24. The number of hydrogen-bond donors (Lipinski definition) is 3. The van der Waals surface area contributed by atoms with Gasteiger partial charge in [-0.3, -0.25) is 13.6 Å². The molecule has 0 bridgehead atoms. The Morgan fingerprint density at radius 2 is 2.24 bits per heavy atom. The topological polar surface area (TPSA) is 146 Å². The summed E-state index contributed by atoms with van der Waals surface area (Å²) < 4.78 is 27.2. The van der Waals surface area contributed by atoms with Crippen LogP contribution in [0.25, 0.3) is 0 Å². The van der Waals surface area contributed by atoms with Crippen LogP contribution in [0.2, 0.25) is 0 Å². The van der Waals surface area contributed by atoms with E-state index in [-0.39, 0.29) is 42.0 Å². The zero-order chi connectivity index (χ0) is 14.5. The van der Waals surface area contributed by atoms with Gasteiger partial charge in [0.1, 0.15) is 24.1 Å². The molecule has 5 atom stereocenters. The Kier molecular flexibility index (Phi) is 4.94. The van der Waals surface area contributed by atoms with Gasteiger partial charge in [0, 0.05) is 35.8 Å². The maximum Gasteiger partial charge on any atom is 0.472 e. The molecule has 1 radical (unpaired) electrons. The maximum atomic E-state index is 11.7. The second-order valence-electron chi connectivity index (χ2n) is 4.43. The van der Waals surface area contributed by atoms with Gasteiger partial charge < -0.3 is 20.5 Å². The predicted molar refractivity (Wildman–Crippen MR) is 69.2 cm³/mol. The zero-order valence-electron chi connectivity index (χ0n) is 11.0. The Bertz CT molecular complexity index is 640. The molecule has 1 unspecified atom stereocenters. The molecule has 0 saturated carbocycles. The molecule has 0 spiro atoms. The molecule has 1 aromatic heterocycles. The van der Waals surface area contributed by atoms with Gasteiger partial charge in [-0.25, -0.2) is 9.36 Å². The molecule has 0 aromatic carbocycles. The van der Waals surface area contributed by atoms with E-state index in [0.717, 1.165) is 4.57 Å². The van der Waals surface area contributed by atoms with Crippen molar-refractivity contribution in [2.24, 2.45) is 0 Å². The van der Waals surface area contributed by atoms with Gasteiger partial charge in [-0.05, 0) is 6.07 Å². The molecule has 2 fully saturated rings. The normalized spacial score (nSPS) is 38.6. The van der Waals surface area contributed by atoms with Crippen molar-refractivity contribution < 1.29 is 28.3 Å². The molecule has 0 aliphatic carbocycles. The molecule has 0 amide bonds. The summed E-state index contributed by atoms with van der Waals surface area (Å²) >= 11 is 0. The largest absolute Gasteiger partial charge is 0.472 e. The predicted octanol–water partition coefficient (Wildman–Crippen LogP) is -1.78. The van der Waals surface area contributed by atoms with E-state index in [1.807, 2.05) is 0 Å². The summed E-state index contributed by atoms with van der Waals surface area (Å²) in [6.07, 6.45) is -2.91. The summed E-state index contributed by atoms with van der Waals surface area (Å²) in [7, 11) is -4.19. The molecule has 10 nitrogen and oxygen atoms in total. The van der Waals surface area contributed by atoms with Gasteiger partial charge >= 0.3 is 13.5 Å². The van der Waals surface area contributed by atoms with E-state index >= 15 is 0 Å². The quantitative estimate of drug-likeness (QED) is 0.402. The van der Waals surface area contributed by atoms with E-state index in [1.54, 1.807) is 0 Å². The van der Waals surface area contributed by atoms with Crippen molar-refractivity contribution in [3.63, 3.8) is 0 Å². The van der Waals surface area contributed by atoms with E-state index in [1.165, 1.54) is 12.3 Å². The summed E-state index contributed by atoms with van der Waals surface area (Å²) in [5.41, 5.74) is 4.66. The molecule has 3 heterocycles. The minimum absolute atomic E-state index is 0. The Labute approximate surface area is 140 Å². The van der Waals surface area contributed by atoms with Crippen LogP contribution >= 0.6 is 7.82 Å². The zero-order valence-corrected chi connectivity index (χ0v) is 13.9. The summed E-state index contributed by atoms with van der Waals surface area (Å²) in [4.78, 5) is 24.5. The van der Waals surface area contributed by atoms with Crippen molar-refractivity contribution in [3.8, 4) is 0 Å². The number of phosphoric acid groups is 1. The number of phosphoric ester groups is 1. The number of rotatable bonds is 1. The molecule has 1 aromatic rings. The fourth-order valence-corrected chi connectivity index (χ4v) is 3.15. The Balaban J connectivity index is 0.00000161. The minimum atomic E-state index is -4.19. The van der Waals surface area contributed by atoms with Crippen LogP contribution in [-0.2, 0) is 18.3 Å². The van der Waals surface area contributed by atoms with Gasteiger partial charge in [-0.2, -0.15) is 4.98 Å². The molecule has 4 N–H and O–H groups in total. The van der Waals surface area contributed by atoms with E-state index in [2.05, 4.69) is 9.51 Å². The first-order valence-electron chi connectivity index (χ1n) is 5.71. The Morgan fingerprint density at radius 1 is 1.52 bits per heavy atom. The average molecular weight is 328 g/mol. The van der Waals surface area contributed by atoms with E-state index < -0.39 is 38.1 Å². The summed E-state index contributed by atoms with van der Waals surface area (Å²) in [6.45, 7) is -0.219. The van der Waals surface area contributed by atoms with Gasteiger partial charge in [0.05, 0.1) is 6.61 Å². The summed E-state index contributed by atoms with van der Waals surface area (Å²) in [6, 6.07) is 1.37. The number of aliphatic hydroxyl groups is 1. The van der Waals surface area contributed by atoms with E-state index in [9.17, 15) is 19.4 Å². The molecule has 2 saturated heterocycles. The third-order valence-corrected chi connectivity index (χ3v) is 4.08. The van der Waals surface area contributed by atoms with Crippen molar-refractivity contribution in [1.82, 2.24) is 9.55 Å². The van der Waals surface area contributed by atoms with Crippen molar-refractivity contribution in [1.29, 1.82) is 0 Å². The molecule has 2 aliphatic rings. The molecule has 2 aliphatic heterocycles. The third-order valence-electron chi connectivity index (χ3n) is 3.09. The van der Waals surface area contributed by atoms with Crippen LogP contribution in [0.3, 0.4) is 0 Å². The minimum Gasteiger partial charge on any atom is -0.386 e. The van der Waals surface area contributed by atoms with E-state index in [4.69, 9.17) is 15.0 Å². The summed E-state index contributed by atoms with van der Waals surface area (Å²) in [5, 5.41) is 10.1. The Morgan fingerprint density at radius 3 is 2.90 bits per heavy atom. The molecule has 12 heteroatoms. The number of anilines is 1. The first kappa shape index (κ1) is 17.1. The standard InChI is InChI=1S/C9H12N3O7P.Na/c10-5-1-2-12(9(14)11-5)8-6(13)7-4(18-8)3-17-20(15,16)19-7;/h1-2,4,6-8,13H,3H2,(H,15,16)(H2,10,11,14);/t4-,6-,7-,8-;/m1./s1. The fourth-order valence-electron chi connectivity index (χ4n) is 2.19.